The number of benzene rings is 1. The van der Waals surface area contributed by atoms with Crippen LogP contribution in [0.3, 0.4) is 0 Å². The highest BCUT2D eigenvalue weighted by atomic mass is 32.2. The van der Waals surface area contributed by atoms with Crippen molar-refractivity contribution < 1.29 is 22.5 Å². The number of hydrogen-bond donors (Lipinski definition) is 1. The zero-order chi connectivity index (χ0) is 22.4. The lowest BCUT2D eigenvalue weighted by Crippen LogP contribution is -2.41. The van der Waals surface area contributed by atoms with E-state index in [0.29, 0.717) is 4.90 Å². The molecule has 6 nitrogen and oxygen atoms in total. The first kappa shape index (κ1) is 22.8. The van der Waals surface area contributed by atoms with E-state index >= 15 is 0 Å². The monoisotopic (exact) mass is 447 g/mol. The van der Waals surface area contributed by atoms with Crippen LogP contribution >= 0.6 is 0 Å². The van der Waals surface area contributed by atoms with Crippen molar-refractivity contribution in [3.05, 3.63) is 24.3 Å². The van der Waals surface area contributed by atoms with Gasteiger partial charge in [0.1, 0.15) is 0 Å². The fourth-order valence-corrected chi connectivity index (χ4v) is 6.05. The minimum atomic E-state index is -3.36. The van der Waals surface area contributed by atoms with Gasteiger partial charge in [0, 0.05) is 12.0 Å². The van der Waals surface area contributed by atoms with E-state index in [0.717, 1.165) is 44.0 Å². The summed E-state index contributed by atoms with van der Waals surface area (Å²) in [5.41, 5.74) is -0.0387. The Kier molecular flexibility index (Phi) is 6.03. The smallest absolute Gasteiger partial charge is 0.399 e. The zero-order valence-electron chi connectivity index (χ0n) is 19.0. The van der Waals surface area contributed by atoms with Gasteiger partial charge in [-0.15, -0.1) is 0 Å². The predicted octanol–water partition coefficient (Wildman–Crippen LogP) is 2.84. The highest BCUT2D eigenvalue weighted by Gasteiger charge is 2.51. The molecular formula is C23H34BNO5S. The second-order valence-electron chi connectivity index (χ2n) is 10.4. The summed E-state index contributed by atoms with van der Waals surface area (Å²) in [4.78, 5) is 12.3. The molecule has 1 aromatic carbocycles. The molecule has 1 saturated heterocycles. The molecule has 1 aliphatic heterocycles. The molecule has 8 heteroatoms. The van der Waals surface area contributed by atoms with Crippen molar-refractivity contribution in [2.24, 2.45) is 11.8 Å². The first-order valence-corrected chi connectivity index (χ1v) is 13.1. The number of hydrogen-bond acceptors (Lipinski definition) is 5. The van der Waals surface area contributed by atoms with E-state index in [4.69, 9.17) is 9.31 Å². The van der Waals surface area contributed by atoms with Crippen LogP contribution in [0.2, 0.25) is 0 Å². The van der Waals surface area contributed by atoms with Crippen molar-refractivity contribution in [3.8, 4) is 0 Å². The second kappa shape index (κ2) is 8.20. The van der Waals surface area contributed by atoms with Gasteiger partial charge in [0.25, 0.3) is 0 Å². The Bertz CT molecular complexity index is 900. The fourth-order valence-electron chi connectivity index (χ4n) is 4.36. The van der Waals surface area contributed by atoms with E-state index in [-0.39, 0.29) is 29.5 Å². The summed E-state index contributed by atoms with van der Waals surface area (Å²) < 4.78 is 38.0. The standard InChI is InChI=1S/C23H34BNO5S/c1-22(2)23(3,4)30-24(29-22)18-9-13-20(14-10-18)31(27,28)15-16-5-11-19(12-6-16)25-21(26)17-7-8-17/h9-10,13-14,16-17,19H,5-8,11-12,15H2,1-4H3,(H,25,26). The molecule has 1 heterocycles. The molecule has 0 bridgehead atoms. The van der Waals surface area contributed by atoms with E-state index in [1.807, 2.05) is 27.7 Å². The quantitative estimate of drug-likeness (QED) is 0.679. The largest absolute Gasteiger partial charge is 0.494 e. The molecule has 2 saturated carbocycles. The van der Waals surface area contributed by atoms with Gasteiger partial charge < -0.3 is 14.6 Å². The Hall–Kier alpha value is -1.38. The van der Waals surface area contributed by atoms with Crippen LogP contribution < -0.4 is 10.8 Å². The number of amides is 1. The third-order valence-corrected chi connectivity index (χ3v) is 9.26. The van der Waals surface area contributed by atoms with Crippen LogP contribution in [-0.2, 0) is 23.9 Å². The highest BCUT2D eigenvalue weighted by Crippen LogP contribution is 2.36. The molecule has 0 aromatic heterocycles. The summed E-state index contributed by atoms with van der Waals surface area (Å²) in [6.07, 6.45) is 5.40. The van der Waals surface area contributed by atoms with Gasteiger partial charge in [-0.05, 0) is 89.7 Å². The number of sulfone groups is 1. The number of rotatable bonds is 6. The maximum atomic E-state index is 13.0. The minimum absolute atomic E-state index is 0.141. The van der Waals surface area contributed by atoms with Crippen molar-refractivity contribution in [2.75, 3.05) is 5.75 Å². The van der Waals surface area contributed by atoms with E-state index in [1.165, 1.54) is 0 Å². The molecule has 3 aliphatic rings. The molecule has 4 rings (SSSR count). The Morgan fingerprint density at radius 1 is 0.968 bits per heavy atom. The van der Waals surface area contributed by atoms with Crippen LogP contribution in [0.15, 0.2) is 29.2 Å². The fraction of sp³-hybridized carbons (Fsp3) is 0.696. The topological polar surface area (TPSA) is 81.7 Å². The van der Waals surface area contributed by atoms with Crippen LogP contribution in [0.25, 0.3) is 0 Å². The zero-order valence-corrected chi connectivity index (χ0v) is 19.8. The molecule has 0 atom stereocenters. The Morgan fingerprint density at radius 2 is 1.52 bits per heavy atom. The molecule has 31 heavy (non-hydrogen) atoms. The summed E-state index contributed by atoms with van der Waals surface area (Å²) in [5.74, 6) is 0.699. The first-order valence-electron chi connectivity index (χ1n) is 11.5. The van der Waals surface area contributed by atoms with Gasteiger partial charge in [-0.1, -0.05) is 12.1 Å². The molecule has 3 fully saturated rings. The molecular weight excluding hydrogens is 413 g/mol. The van der Waals surface area contributed by atoms with Crippen molar-refractivity contribution in [1.82, 2.24) is 5.32 Å². The van der Waals surface area contributed by atoms with E-state index < -0.39 is 28.2 Å². The van der Waals surface area contributed by atoms with Gasteiger partial charge in [0.2, 0.25) is 5.91 Å². The van der Waals surface area contributed by atoms with Crippen LogP contribution in [-0.4, -0.2) is 44.4 Å². The van der Waals surface area contributed by atoms with Crippen molar-refractivity contribution >= 4 is 28.3 Å². The number of carbonyl (C=O) groups excluding carboxylic acids is 1. The maximum Gasteiger partial charge on any atom is 0.494 e. The lowest BCUT2D eigenvalue weighted by molar-refractivity contribution is -0.123. The summed E-state index contributed by atoms with van der Waals surface area (Å²) in [6, 6.07) is 7.11. The lowest BCUT2D eigenvalue weighted by Gasteiger charge is -2.32. The summed E-state index contributed by atoms with van der Waals surface area (Å²) in [7, 11) is -3.86. The van der Waals surface area contributed by atoms with Crippen molar-refractivity contribution in [3.63, 3.8) is 0 Å². The normalized spacial score (nSPS) is 27.8. The highest BCUT2D eigenvalue weighted by molar-refractivity contribution is 7.91. The van der Waals surface area contributed by atoms with E-state index in [2.05, 4.69) is 5.32 Å². The summed E-state index contributed by atoms with van der Waals surface area (Å²) in [6.45, 7) is 7.99. The SMILES string of the molecule is CC1(C)OB(c2ccc(S(=O)(=O)CC3CCC(NC(=O)C4CC4)CC3)cc2)OC1(C)C. The van der Waals surface area contributed by atoms with Gasteiger partial charge in [-0.2, -0.15) is 0 Å². The maximum absolute atomic E-state index is 13.0. The van der Waals surface area contributed by atoms with Crippen molar-refractivity contribution in [1.29, 1.82) is 0 Å². The second-order valence-corrected chi connectivity index (χ2v) is 12.5. The van der Waals surface area contributed by atoms with Gasteiger partial charge >= 0.3 is 7.12 Å². The molecule has 0 radical (unpaired) electrons. The van der Waals surface area contributed by atoms with Gasteiger partial charge in [0.15, 0.2) is 9.84 Å². The van der Waals surface area contributed by atoms with Crippen LogP contribution in [0.1, 0.15) is 66.2 Å². The minimum Gasteiger partial charge on any atom is -0.399 e. The molecule has 2 aliphatic carbocycles. The van der Waals surface area contributed by atoms with Gasteiger partial charge in [-0.25, -0.2) is 8.42 Å². The van der Waals surface area contributed by atoms with Gasteiger partial charge in [0.05, 0.1) is 21.9 Å². The number of nitrogens with one attached hydrogen (secondary N) is 1. The Labute approximate surface area is 186 Å². The average Bonchev–Trinajstić information content (AvgIpc) is 3.51. The lowest BCUT2D eigenvalue weighted by atomic mass is 9.79. The molecule has 1 aromatic rings. The van der Waals surface area contributed by atoms with Crippen molar-refractivity contribution in [2.45, 2.75) is 88.4 Å². The van der Waals surface area contributed by atoms with Crippen LogP contribution in [0.5, 0.6) is 0 Å². The first-order chi connectivity index (χ1) is 14.5. The average molecular weight is 447 g/mol. The summed E-state index contributed by atoms with van der Waals surface area (Å²) >= 11 is 0. The Morgan fingerprint density at radius 3 is 2.03 bits per heavy atom. The molecule has 0 spiro atoms. The molecule has 1 amide bonds. The van der Waals surface area contributed by atoms with Crippen LogP contribution in [0, 0.1) is 11.8 Å². The molecule has 170 valence electrons. The third kappa shape index (κ3) is 5.01. The third-order valence-electron chi connectivity index (χ3n) is 7.36. The number of carbonyl (C=O) groups is 1. The molecule has 0 unspecified atom stereocenters. The Balaban J connectivity index is 1.32. The summed E-state index contributed by atoms with van der Waals surface area (Å²) in [5, 5.41) is 3.13. The van der Waals surface area contributed by atoms with Gasteiger partial charge in [-0.3, -0.25) is 4.79 Å². The van der Waals surface area contributed by atoms with E-state index in [9.17, 15) is 13.2 Å². The molecule has 1 N–H and O–H groups in total. The predicted molar refractivity (Wildman–Crippen MR) is 121 cm³/mol. The van der Waals surface area contributed by atoms with Crippen LogP contribution in [0.4, 0.5) is 0 Å². The van der Waals surface area contributed by atoms with E-state index in [1.54, 1.807) is 24.3 Å².